The van der Waals surface area contributed by atoms with Crippen molar-refractivity contribution in [2.24, 2.45) is 5.73 Å². The SMILES string of the molecule is NC(=O)c1nnn(Cc2cc(Cl)cc(C(Cl)=C(Cl)Cl)c2)c1N. The van der Waals surface area contributed by atoms with E-state index in [1.807, 2.05) is 0 Å². The van der Waals surface area contributed by atoms with Crippen LogP contribution in [0.15, 0.2) is 22.7 Å². The van der Waals surface area contributed by atoms with Crippen LogP contribution in [-0.4, -0.2) is 20.9 Å². The topological polar surface area (TPSA) is 99.8 Å². The Labute approximate surface area is 145 Å². The minimum Gasteiger partial charge on any atom is -0.382 e. The molecule has 6 nitrogen and oxygen atoms in total. The highest BCUT2D eigenvalue weighted by molar-refractivity contribution is 6.66. The van der Waals surface area contributed by atoms with E-state index in [4.69, 9.17) is 57.9 Å². The maximum atomic E-state index is 11.1. The molecule has 0 unspecified atom stereocenters. The summed E-state index contributed by atoms with van der Waals surface area (Å²) in [4.78, 5) is 11.1. The van der Waals surface area contributed by atoms with E-state index in [0.29, 0.717) is 16.1 Å². The molecular formula is C12H9Cl4N5O. The molecule has 0 spiro atoms. The second-order valence-electron chi connectivity index (χ2n) is 4.27. The van der Waals surface area contributed by atoms with Crippen molar-refractivity contribution in [2.45, 2.75) is 6.54 Å². The number of primary amides is 1. The molecule has 0 aliphatic rings. The molecular weight excluding hydrogens is 372 g/mol. The number of aromatic nitrogens is 3. The van der Waals surface area contributed by atoms with E-state index in [0.717, 1.165) is 0 Å². The third-order valence-electron chi connectivity index (χ3n) is 2.72. The monoisotopic (exact) mass is 379 g/mol. The van der Waals surface area contributed by atoms with E-state index >= 15 is 0 Å². The van der Waals surface area contributed by atoms with Gasteiger partial charge in [0.15, 0.2) is 11.5 Å². The number of anilines is 1. The summed E-state index contributed by atoms with van der Waals surface area (Å²) in [6, 6.07) is 5.00. The van der Waals surface area contributed by atoms with Gasteiger partial charge in [0, 0.05) is 5.02 Å². The van der Waals surface area contributed by atoms with Gasteiger partial charge in [0.05, 0.1) is 11.6 Å². The van der Waals surface area contributed by atoms with Gasteiger partial charge in [-0.05, 0) is 29.3 Å². The number of halogens is 4. The van der Waals surface area contributed by atoms with E-state index in [2.05, 4.69) is 10.3 Å². The second kappa shape index (κ2) is 6.75. The van der Waals surface area contributed by atoms with Crippen LogP contribution in [0.2, 0.25) is 5.02 Å². The molecule has 0 bridgehead atoms. The highest BCUT2D eigenvalue weighted by Gasteiger charge is 2.15. The minimum absolute atomic E-state index is 0.0611. The van der Waals surface area contributed by atoms with Crippen LogP contribution >= 0.6 is 46.4 Å². The lowest BCUT2D eigenvalue weighted by molar-refractivity contribution is 0.0996. The summed E-state index contributed by atoms with van der Waals surface area (Å²) in [5.74, 6) is -0.693. The Morgan fingerprint density at radius 2 is 1.91 bits per heavy atom. The molecule has 22 heavy (non-hydrogen) atoms. The fourth-order valence-corrected chi connectivity index (χ4v) is 2.35. The number of hydrogen-bond donors (Lipinski definition) is 2. The maximum absolute atomic E-state index is 11.1. The van der Waals surface area contributed by atoms with E-state index in [1.165, 1.54) is 4.68 Å². The average Bonchev–Trinajstić information content (AvgIpc) is 2.78. The van der Waals surface area contributed by atoms with Crippen LogP contribution in [-0.2, 0) is 6.54 Å². The van der Waals surface area contributed by atoms with Gasteiger partial charge in [-0.1, -0.05) is 51.6 Å². The van der Waals surface area contributed by atoms with Crippen LogP contribution in [0.4, 0.5) is 5.82 Å². The molecule has 2 rings (SSSR count). The van der Waals surface area contributed by atoms with Crippen LogP contribution in [0.1, 0.15) is 21.6 Å². The number of carbonyl (C=O) groups is 1. The number of benzene rings is 1. The van der Waals surface area contributed by atoms with Crippen LogP contribution in [0.5, 0.6) is 0 Å². The first-order valence-corrected chi connectivity index (χ1v) is 7.30. The normalized spacial score (nSPS) is 10.5. The fourth-order valence-electron chi connectivity index (χ4n) is 1.76. The molecule has 0 saturated carbocycles. The number of nitrogens with two attached hydrogens (primary N) is 2. The molecule has 0 fully saturated rings. The van der Waals surface area contributed by atoms with Crippen molar-refractivity contribution in [1.29, 1.82) is 0 Å². The Hall–Kier alpha value is -1.47. The van der Waals surface area contributed by atoms with Crippen LogP contribution in [0, 0.1) is 0 Å². The number of nitrogens with zero attached hydrogens (tertiary/aromatic N) is 3. The Kier molecular flexibility index (Phi) is 5.18. The predicted octanol–water partition coefficient (Wildman–Crippen LogP) is 3.00. The molecule has 1 aromatic carbocycles. The van der Waals surface area contributed by atoms with Gasteiger partial charge in [-0.25, -0.2) is 4.68 Å². The number of amides is 1. The Bertz CT molecular complexity index is 767. The number of rotatable bonds is 4. The van der Waals surface area contributed by atoms with Crippen molar-refractivity contribution in [3.05, 3.63) is 44.5 Å². The van der Waals surface area contributed by atoms with Crippen molar-refractivity contribution in [2.75, 3.05) is 5.73 Å². The van der Waals surface area contributed by atoms with Gasteiger partial charge in [-0.3, -0.25) is 4.79 Å². The summed E-state index contributed by atoms with van der Waals surface area (Å²) in [6.07, 6.45) is 0. The van der Waals surface area contributed by atoms with Gasteiger partial charge in [0.25, 0.3) is 5.91 Å². The van der Waals surface area contributed by atoms with Crippen molar-refractivity contribution in [1.82, 2.24) is 15.0 Å². The van der Waals surface area contributed by atoms with Gasteiger partial charge in [-0.15, -0.1) is 5.10 Å². The van der Waals surface area contributed by atoms with Gasteiger partial charge >= 0.3 is 0 Å². The van der Waals surface area contributed by atoms with Gasteiger partial charge < -0.3 is 11.5 Å². The molecule has 10 heteroatoms. The van der Waals surface area contributed by atoms with Gasteiger partial charge in [0.2, 0.25) is 0 Å². The van der Waals surface area contributed by atoms with Crippen LogP contribution in [0.25, 0.3) is 5.03 Å². The zero-order chi connectivity index (χ0) is 16.4. The van der Waals surface area contributed by atoms with E-state index in [9.17, 15) is 4.79 Å². The molecule has 0 radical (unpaired) electrons. The number of carbonyl (C=O) groups excluding carboxylic acids is 1. The maximum Gasteiger partial charge on any atom is 0.273 e. The van der Waals surface area contributed by atoms with E-state index < -0.39 is 5.91 Å². The molecule has 1 heterocycles. The summed E-state index contributed by atoms with van der Waals surface area (Å²) in [6.45, 7) is 0.212. The average molecular weight is 381 g/mol. The second-order valence-corrected chi connectivity index (χ2v) is 6.03. The number of nitrogen functional groups attached to an aromatic ring is 1. The summed E-state index contributed by atoms with van der Waals surface area (Å²) in [5.41, 5.74) is 12.1. The molecule has 1 amide bonds. The first-order valence-electron chi connectivity index (χ1n) is 5.79. The minimum atomic E-state index is -0.754. The van der Waals surface area contributed by atoms with E-state index in [-0.39, 0.29) is 27.6 Å². The standard InChI is InChI=1S/C12H9Cl4N5O/c13-7-2-5(1-6(3-7)8(14)10(15)16)4-21-11(17)9(12(18)22)19-20-21/h1-3H,4,17H2,(H2,18,22). The summed E-state index contributed by atoms with van der Waals surface area (Å²) >= 11 is 23.4. The molecule has 2 aromatic rings. The predicted molar refractivity (Wildman–Crippen MR) is 88.0 cm³/mol. The largest absolute Gasteiger partial charge is 0.382 e. The quantitative estimate of drug-likeness (QED) is 0.851. The third-order valence-corrected chi connectivity index (χ3v) is 3.91. The molecule has 0 atom stereocenters. The number of hydrogen-bond acceptors (Lipinski definition) is 4. The molecule has 0 saturated heterocycles. The summed E-state index contributed by atoms with van der Waals surface area (Å²) in [7, 11) is 0. The lowest BCUT2D eigenvalue weighted by Crippen LogP contribution is -2.15. The molecule has 4 N–H and O–H groups in total. The summed E-state index contributed by atoms with van der Waals surface area (Å²) in [5, 5.41) is 7.98. The molecule has 0 aliphatic carbocycles. The van der Waals surface area contributed by atoms with Gasteiger partial charge in [0.1, 0.15) is 4.49 Å². The first-order chi connectivity index (χ1) is 10.3. The van der Waals surface area contributed by atoms with Crippen molar-refractivity contribution in [3.8, 4) is 0 Å². The molecule has 116 valence electrons. The fraction of sp³-hybridized carbons (Fsp3) is 0.0833. The third kappa shape index (κ3) is 3.64. The lowest BCUT2D eigenvalue weighted by atomic mass is 10.1. The zero-order valence-corrected chi connectivity index (χ0v) is 13.9. The zero-order valence-electron chi connectivity index (χ0n) is 10.9. The van der Waals surface area contributed by atoms with Crippen molar-refractivity contribution in [3.63, 3.8) is 0 Å². The van der Waals surface area contributed by atoms with Crippen LogP contribution < -0.4 is 11.5 Å². The van der Waals surface area contributed by atoms with Crippen LogP contribution in [0.3, 0.4) is 0 Å². The molecule has 0 aliphatic heterocycles. The van der Waals surface area contributed by atoms with Gasteiger partial charge in [-0.2, -0.15) is 0 Å². The van der Waals surface area contributed by atoms with Crippen molar-refractivity contribution >= 4 is 63.2 Å². The first kappa shape index (κ1) is 16.9. The summed E-state index contributed by atoms with van der Waals surface area (Å²) < 4.78 is 1.24. The molecule has 1 aromatic heterocycles. The van der Waals surface area contributed by atoms with Crippen molar-refractivity contribution < 1.29 is 4.79 Å². The lowest BCUT2D eigenvalue weighted by Gasteiger charge is -2.07. The Morgan fingerprint density at radius 1 is 1.23 bits per heavy atom. The van der Waals surface area contributed by atoms with E-state index in [1.54, 1.807) is 18.2 Å². The smallest absolute Gasteiger partial charge is 0.273 e. The Morgan fingerprint density at radius 3 is 2.45 bits per heavy atom. The Balaban J connectivity index is 2.39. The highest BCUT2D eigenvalue weighted by Crippen LogP contribution is 2.30. The highest BCUT2D eigenvalue weighted by atomic mass is 35.5.